The minimum Gasteiger partial charge on any atom is -0.465 e. The molecule has 0 spiro atoms. The summed E-state index contributed by atoms with van der Waals surface area (Å²) < 4.78 is 45.8. The van der Waals surface area contributed by atoms with E-state index in [1.807, 2.05) is 13.8 Å². The molecule has 0 aliphatic carbocycles. The molecule has 0 amide bonds. The molecule has 3 aromatic rings. The van der Waals surface area contributed by atoms with Crippen LogP contribution in [-0.2, 0) is 10.9 Å². The molecule has 0 N–H and O–H groups in total. The fourth-order valence-electron chi connectivity index (χ4n) is 2.38. The van der Waals surface area contributed by atoms with E-state index in [1.165, 1.54) is 37.1 Å². The molecule has 6 nitrogen and oxygen atoms in total. The van der Waals surface area contributed by atoms with E-state index in [4.69, 9.17) is 0 Å². The summed E-state index contributed by atoms with van der Waals surface area (Å²) >= 11 is 1.32. The number of esters is 1. The Hall–Kier alpha value is -2.36. The van der Waals surface area contributed by atoms with Crippen molar-refractivity contribution in [3.05, 3.63) is 29.6 Å². The Morgan fingerprint density at radius 3 is 2.65 bits per heavy atom. The molecule has 2 aromatic heterocycles. The molecule has 138 valence electrons. The van der Waals surface area contributed by atoms with Crippen LogP contribution >= 0.6 is 11.8 Å². The number of nitrogens with zero attached hydrogens (tertiary/aromatic N) is 4. The largest absolute Gasteiger partial charge is 0.465 e. The van der Waals surface area contributed by atoms with Gasteiger partial charge in [0.2, 0.25) is 5.82 Å². The summed E-state index contributed by atoms with van der Waals surface area (Å²) in [4.78, 5) is 16.2. The van der Waals surface area contributed by atoms with Crippen molar-refractivity contribution in [3.63, 3.8) is 0 Å². The van der Waals surface area contributed by atoms with E-state index < -0.39 is 18.0 Å². The molecule has 0 fully saturated rings. The lowest BCUT2D eigenvalue weighted by Gasteiger charge is -2.11. The standard InChI is InChI=1S/C16H15F3N4O2S/c1-8(2)7-26-13-12-21-22-15(16(17,18)19)23(12)11-6-9(14(24)25-3)4-5-10(11)20-13/h4-6,8H,7H2,1-3H3. The molecule has 0 saturated heterocycles. The molecule has 0 saturated carbocycles. The van der Waals surface area contributed by atoms with Gasteiger partial charge < -0.3 is 4.74 Å². The second kappa shape index (κ2) is 6.75. The number of methoxy groups -OCH3 is 1. The lowest BCUT2D eigenvalue weighted by Crippen LogP contribution is -2.12. The molecule has 0 unspecified atom stereocenters. The van der Waals surface area contributed by atoms with Crippen molar-refractivity contribution in [3.8, 4) is 0 Å². The second-order valence-corrected chi connectivity index (χ2v) is 7.01. The van der Waals surface area contributed by atoms with Gasteiger partial charge >= 0.3 is 12.1 Å². The number of hydrogen-bond acceptors (Lipinski definition) is 6. The molecular weight excluding hydrogens is 369 g/mol. The Bertz CT molecular complexity index is 985. The zero-order valence-electron chi connectivity index (χ0n) is 14.2. The number of fused-ring (bicyclic) bond motifs is 3. The minimum absolute atomic E-state index is 0.0116. The van der Waals surface area contributed by atoms with Gasteiger partial charge in [0.25, 0.3) is 0 Å². The van der Waals surface area contributed by atoms with Crippen molar-refractivity contribution in [2.75, 3.05) is 12.9 Å². The van der Waals surface area contributed by atoms with Crippen LogP contribution in [0, 0.1) is 5.92 Å². The number of rotatable bonds is 4. The molecule has 0 aliphatic rings. The maximum absolute atomic E-state index is 13.4. The molecule has 0 atom stereocenters. The highest BCUT2D eigenvalue weighted by atomic mass is 32.2. The van der Waals surface area contributed by atoms with Gasteiger partial charge in [0, 0.05) is 5.75 Å². The van der Waals surface area contributed by atoms with Crippen LogP contribution in [0.2, 0.25) is 0 Å². The fraction of sp³-hybridized carbons (Fsp3) is 0.375. The van der Waals surface area contributed by atoms with Gasteiger partial charge in [-0.05, 0) is 24.1 Å². The SMILES string of the molecule is COC(=O)c1ccc2nc(SCC(C)C)c3nnc(C(F)(F)F)n3c2c1. The molecule has 2 heterocycles. The number of thioether (sulfide) groups is 1. The minimum atomic E-state index is -4.70. The number of benzene rings is 1. The van der Waals surface area contributed by atoms with Gasteiger partial charge in [-0.15, -0.1) is 22.0 Å². The maximum Gasteiger partial charge on any atom is 0.452 e. The summed E-state index contributed by atoms with van der Waals surface area (Å²) in [5.74, 6) is -0.819. The molecule has 0 radical (unpaired) electrons. The Balaban J connectivity index is 2.32. The van der Waals surface area contributed by atoms with Gasteiger partial charge in [-0.2, -0.15) is 13.2 Å². The first-order valence-corrected chi connectivity index (χ1v) is 8.68. The summed E-state index contributed by atoms with van der Waals surface area (Å²) in [6.07, 6.45) is -4.70. The van der Waals surface area contributed by atoms with Crippen molar-refractivity contribution in [2.24, 2.45) is 5.92 Å². The first-order chi connectivity index (χ1) is 12.2. The number of carbonyl (C=O) groups is 1. The van der Waals surface area contributed by atoms with E-state index in [-0.39, 0.29) is 16.7 Å². The van der Waals surface area contributed by atoms with Crippen molar-refractivity contribution in [2.45, 2.75) is 25.0 Å². The van der Waals surface area contributed by atoms with Gasteiger partial charge in [0.1, 0.15) is 5.03 Å². The van der Waals surface area contributed by atoms with Crippen LogP contribution in [0.15, 0.2) is 23.2 Å². The molecule has 0 bridgehead atoms. The van der Waals surface area contributed by atoms with E-state index in [1.54, 1.807) is 0 Å². The van der Waals surface area contributed by atoms with Crippen LogP contribution in [-0.4, -0.2) is 38.4 Å². The van der Waals surface area contributed by atoms with Crippen LogP contribution in [0.4, 0.5) is 13.2 Å². The maximum atomic E-state index is 13.4. The van der Waals surface area contributed by atoms with Gasteiger partial charge in [0.05, 0.1) is 23.7 Å². The summed E-state index contributed by atoms with van der Waals surface area (Å²) in [6, 6.07) is 4.25. The lowest BCUT2D eigenvalue weighted by atomic mass is 10.2. The summed E-state index contributed by atoms with van der Waals surface area (Å²) in [6.45, 7) is 4.00. The Morgan fingerprint density at radius 1 is 1.31 bits per heavy atom. The van der Waals surface area contributed by atoms with Crippen LogP contribution in [0.3, 0.4) is 0 Å². The van der Waals surface area contributed by atoms with Crippen molar-refractivity contribution < 1.29 is 22.7 Å². The number of hydrogen-bond donors (Lipinski definition) is 0. The van der Waals surface area contributed by atoms with E-state index in [0.29, 0.717) is 22.2 Å². The van der Waals surface area contributed by atoms with Crippen molar-refractivity contribution in [1.82, 2.24) is 19.6 Å². The van der Waals surface area contributed by atoms with Crippen LogP contribution < -0.4 is 0 Å². The second-order valence-electron chi connectivity index (χ2n) is 6.00. The van der Waals surface area contributed by atoms with Gasteiger partial charge in [-0.1, -0.05) is 13.8 Å². The molecule has 3 rings (SSSR count). The zero-order valence-corrected chi connectivity index (χ0v) is 15.0. The third-order valence-electron chi connectivity index (χ3n) is 3.52. The summed E-state index contributed by atoms with van der Waals surface area (Å²) in [5, 5.41) is 7.38. The van der Waals surface area contributed by atoms with E-state index in [0.717, 1.165) is 4.40 Å². The Morgan fingerprint density at radius 2 is 2.04 bits per heavy atom. The van der Waals surface area contributed by atoms with Gasteiger partial charge in [0.15, 0.2) is 5.65 Å². The quantitative estimate of drug-likeness (QED) is 0.503. The topological polar surface area (TPSA) is 69.4 Å². The van der Waals surface area contributed by atoms with E-state index in [9.17, 15) is 18.0 Å². The highest BCUT2D eigenvalue weighted by molar-refractivity contribution is 7.99. The highest BCUT2D eigenvalue weighted by Crippen LogP contribution is 2.33. The molecule has 0 aliphatic heterocycles. The first kappa shape index (κ1) is 18.4. The third kappa shape index (κ3) is 3.33. The number of alkyl halides is 3. The average Bonchev–Trinajstić information content (AvgIpc) is 3.04. The number of carbonyl (C=O) groups excluding carboxylic acids is 1. The molecule has 10 heteroatoms. The number of aromatic nitrogens is 4. The Labute approximate surface area is 150 Å². The number of halogens is 3. The fourth-order valence-corrected chi connectivity index (χ4v) is 3.29. The molecular formula is C16H15F3N4O2S. The van der Waals surface area contributed by atoms with Crippen LogP contribution in [0.25, 0.3) is 16.7 Å². The van der Waals surface area contributed by atoms with E-state index in [2.05, 4.69) is 19.9 Å². The monoisotopic (exact) mass is 384 g/mol. The van der Waals surface area contributed by atoms with Crippen molar-refractivity contribution in [1.29, 1.82) is 0 Å². The summed E-state index contributed by atoms with van der Waals surface area (Å²) in [7, 11) is 1.20. The third-order valence-corrected chi connectivity index (χ3v) is 4.90. The molecule has 1 aromatic carbocycles. The highest BCUT2D eigenvalue weighted by Gasteiger charge is 2.38. The predicted molar refractivity (Wildman–Crippen MR) is 90.2 cm³/mol. The van der Waals surface area contributed by atoms with E-state index >= 15 is 0 Å². The normalized spacial score (nSPS) is 12.3. The van der Waals surface area contributed by atoms with Crippen molar-refractivity contribution >= 4 is 34.4 Å². The number of ether oxygens (including phenoxy) is 1. The summed E-state index contributed by atoms with van der Waals surface area (Å²) in [5.41, 5.74) is 0.529. The lowest BCUT2D eigenvalue weighted by molar-refractivity contribution is -0.145. The molecule has 26 heavy (non-hydrogen) atoms. The van der Waals surface area contributed by atoms with Gasteiger partial charge in [-0.3, -0.25) is 4.40 Å². The average molecular weight is 384 g/mol. The predicted octanol–water partition coefficient (Wildman–Crippen LogP) is 3.83. The van der Waals surface area contributed by atoms with Crippen LogP contribution in [0.5, 0.6) is 0 Å². The van der Waals surface area contributed by atoms with Crippen LogP contribution in [0.1, 0.15) is 30.0 Å². The zero-order chi connectivity index (χ0) is 19.1. The first-order valence-electron chi connectivity index (χ1n) is 7.69. The van der Waals surface area contributed by atoms with Gasteiger partial charge in [-0.25, -0.2) is 9.78 Å². The smallest absolute Gasteiger partial charge is 0.452 e. The Kier molecular flexibility index (Phi) is 4.78.